The van der Waals surface area contributed by atoms with E-state index in [1.54, 1.807) is 0 Å². The van der Waals surface area contributed by atoms with Crippen molar-refractivity contribution in [1.29, 1.82) is 5.26 Å². The van der Waals surface area contributed by atoms with Gasteiger partial charge in [-0.1, -0.05) is 12.5 Å². The van der Waals surface area contributed by atoms with Gasteiger partial charge in [-0.05, 0) is 26.0 Å². The molecule has 2 rings (SSSR count). The molecule has 0 heterocycles. The highest BCUT2D eigenvalue weighted by molar-refractivity contribution is 5.18. The lowest BCUT2D eigenvalue weighted by Crippen LogP contribution is -2.39. The minimum absolute atomic E-state index is 0.259. The van der Waals surface area contributed by atoms with E-state index in [1.807, 2.05) is 11.9 Å². The Morgan fingerprint density at radius 1 is 1.39 bits per heavy atom. The fraction of sp³-hybridized carbons (Fsp3) is 0.500. The summed E-state index contributed by atoms with van der Waals surface area (Å²) in [6.45, 7) is 1.04. The molecule has 0 radical (unpaired) electrons. The van der Waals surface area contributed by atoms with E-state index >= 15 is 0 Å². The molecule has 1 fully saturated rings. The summed E-state index contributed by atoms with van der Waals surface area (Å²) in [4.78, 5) is 1.93. The Bertz CT molecular complexity index is 475. The molecule has 0 unspecified atom stereocenters. The Hall–Kier alpha value is -1.47. The standard InChI is InChI=1S/C14H16F2N2/c1-18(10-14(9-17)5-2-6-14)8-11-3-4-12(15)7-13(11)16/h3-4,7H,2,5-6,8,10H2,1H3. The fourth-order valence-electron chi connectivity index (χ4n) is 2.42. The fourth-order valence-corrected chi connectivity index (χ4v) is 2.42. The van der Waals surface area contributed by atoms with Crippen molar-refractivity contribution in [2.24, 2.45) is 5.41 Å². The van der Waals surface area contributed by atoms with Gasteiger partial charge in [0.25, 0.3) is 0 Å². The summed E-state index contributed by atoms with van der Waals surface area (Å²) in [6, 6.07) is 5.97. The second kappa shape index (κ2) is 5.03. The lowest BCUT2D eigenvalue weighted by atomic mass is 9.69. The lowest BCUT2D eigenvalue weighted by Gasteiger charge is -2.38. The maximum atomic E-state index is 13.5. The Morgan fingerprint density at radius 3 is 2.61 bits per heavy atom. The summed E-state index contributed by atoms with van der Waals surface area (Å²) >= 11 is 0. The highest BCUT2D eigenvalue weighted by Gasteiger charge is 2.38. The molecule has 0 saturated heterocycles. The first kappa shape index (κ1) is 13.0. The van der Waals surface area contributed by atoms with Crippen LogP contribution in [0.4, 0.5) is 8.78 Å². The quantitative estimate of drug-likeness (QED) is 0.821. The monoisotopic (exact) mass is 250 g/mol. The van der Waals surface area contributed by atoms with Crippen LogP contribution < -0.4 is 0 Å². The SMILES string of the molecule is CN(Cc1ccc(F)cc1F)CC1(C#N)CCC1. The first-order chi connectivity index (χ1) is 8.54. The molecular formula is C14H16F2N2. The Morgan fingerprint density at radius 2 is 2.11 bits per heavy atom. The van der Waals surface area contributed by atoms with E-state index in [4.69, 9.17) is 5.26 Å². The summed E-state index contributed by atoms with van der Waals surface area (Å²) in [5.74, 6) is -1.09. The summed E-state index contributed by atoms with van der Waals surface area (Å²) in [7, 11) is 1.86. The van der Waals surface area contributed by atoms with Gasteiger partial charge in [-0.3, -0.25) is 0 Å². The Labute approximate surface area is 106 Å². The minimum Gasteiger partial charge on any atom is -0.300 e. The molecule has 4 heteroatoms. The lowest BCUT2D eigenvalue weighted by molar-refractivity contribution is 0.133. The van der Waals surface area contributed by atoms with Crippen molar-refractivity contribution in [2.75, 3.05) is 13.6 Å². The average molecular weight is 250 g/mol. The number of hydrogen-bond donors (Lipinski definition) is 0. The predicted molar refractivity (Wildman–Crippen MR) is 64.6 cm³/mol. The van der Waals surface area contributed by atoms with Crippen molar-refractivity contribution >= 4 is 0 Å². The molecule has 0 N–H and O–H groups in total. The van der Waals surface area contributed by atoms with E-state index in [0.717, 1.165) is 25.3 Å². The zero-order chi connectivity index (χ0) is 13.2. The third kappa shape index (κ3) is 2.68. The van der Waals surface area contributed by atoms with Gasteiger partial charge in [0.15, 0.2) is 0 Å². The maximum absolute atomic E-state index is 13.5. The smallest absolute Gasteiger partial charge is 0.130 e. The van der Waals surface area contributed by atoms with Gasteiger partial charge in [0, 0.05) is 24.7 Å². The van der Waals surface area contributed by atoms with Crippen LogP contribution in [0, 0.1) is 28.4 Å². The van der Waals surface area contributed by atoms with E-state index in [-0.39, 0.29) is 5.41 Å². The molecular weight excluding hydrogens is 234 g/mol. The van der Waals surface area contributed by atoms with Crippen LogP contribution in [0.5, 0.6) is 0 Å². The van der Waals surface area contributed by atoms with Crippen LogP contribution in [0.3, 0.4) is 0 Å². The Kier molecular flexibility index (Phi) is 3.63. The van der Waals surface area contributed by atoms with E-state index in [9.17, 15) is 8.78 Å². The summed E-state index contributed by atoms with van der Waals surface area (Å²) in [5, 5.41) is 9.14. The van der Waals surface area contributed by atoms with Crippen LogP contribution >= 0.6 is 0 Å². The van der Waals surface area contributed by atoms with Gasteiger partial charge < -0.3 is 4.90 Å². The highest BCUT2D eigenvalue weighted by atomic mass is 19.1. The van der Waals surface area contributed by atoms with Gasteiger partial charge in [-0.25, -0.2) is 8.78 Å². The zero-order valence-corrected chi connectivity index (χ0v) is 10.4. The molecule has 1 aromatic rings. The topological polar surface area (TPSA) is 27.0 Å². The number of hydrogen-bond acceptors (Lipinski definition) is 2. The van der Waals surface area contributed by atoms with E-state index < -0.39 is 11.6 Å². The maximum Gasteiger partial charge on any atom is 0.130 e. The van der Waals surface area contributed by atoms with Gasteiger partial charge in [0.05, 0.1) is 11.5 Å². The van der Waals surface area contributed by atoms with Crippen molar-refractivity contribution < 1.29 is 8.78 Å². The van der Waals surface area contributed by atoms with Gasteiger partial charge in [-0.15, -0.1) is 0 Å². The molecule has 96 valence electrons. The minimum atomic E-state index is -0.564. The number of benzene rings is 1. The number of nitriles is 1. The summed E-state index contributed by atoms with van der Waals surface area (Å²) < 4.78 is 26.3. The Balaban J connectivity index is 1.99. The van der Waals surface area contributed by atoms with Crippen LogP contribution in [0.15, 0.2) is 18.2 Å². The molecule has 18 heavy (non-hydrogen) atoms. The molecule has 0 atom stereocenters. The van der Waals surface area contributed by atoms with Gasteiger partial charge in [-0.2, -0.15) is 5.26 Å². The zero-order valence-electron chi connectivity index (χ0n) is 10.4. The van der Waals surface area contributed by atoms with Gasteiger partial charge >= 0.3 is 0 Å². The number of halogens is 2. The molecule has 0 aromatic heterocycles. The van der Waals surface area contributed by atoms with Crippen molar-refractivity contribution in [1.82, 2.24) is 4.90 Å². The third-order valence-electron chi connectivity index (χ3n) is 3.58. The second-order valence-electron chi connectivity index (χ2n) is 5.15. The van der Waals surface area contributed by atoms with Crippen LogP contribution in [0.1, 0.15) is 24.8 Å². The molecule has 1 aromatic carbocycles. The van der Waals surface area contributed by atoms with Crippen LogP contribution in [-0.2, 0) is 6.54 Å². The average Bonchev–Trinajstić information content (AvgIpc) is 2.27. The van der Waals surface area contributed by atoms with E-state index in [0.29, 0.717) is 18.7 Å². The third-order valence-corrected chi connectivity index (χ3v) is 3.58. The van der Waals surface area contributed by atoms with Crippen molar-refractivity contribution in [3.63, 3.8) is 0 Å². The van der Waals surface area contributed by atoms with Crippen molar-refractivity contribution in [3.05, 3.63) is 35.4 Å². The summed E-state index contributed by atoms with van der Waals surface area (Å²) in [6.07, 6.45) is 2.92. The first-order valence-corrected chi connectivity index (χ1v) is 6.08. The molecule has 1 aliphatic carbocycles. The molecule has 2 nitrogen and oxygen atoms in total. The number of nitrogens with zero attached hydrogens (tertiary/aromatic N) is 2. The largest absolute Gasteiger partial charge is 0.300 e. The van der Waals surface area contributed by atoms with E-state index in [1.165, 1.54) is 12.1 Å². The highest BCUT2D eigenvalue weighted by Crippen LogP contribution is 2.40. The van der Waals surface area contributed by atoms with Crippen LogP contribution in [-0.4, -0.2) is 18.5 Å². The molecule has 0 amide bonds. The second-order valence-corrected chi connectivity index (χ2v) is 5.15. The van der Waals surface area contributed by atoms with Crippen molar-refractivity contribution in [2.45, 2.75) is 25.8 Å². The number of rotatable bonds is 4. The van der Waals surface area contributed by atoms with Crippen LogP contribution in [0.25, 0.3) is 0 Å². The van der Waals surface area contributed by atoms with Crippen LogP contribution in [0.2, 0.25) is 0 Å². The van der Waals surface area contributed by atoms with Gasteiger partial charge in [0.1, 0.15) is 11.6 Å². The molecule has 0 spiro atoms. The van der Waals surface area contributed by atoms with E-state index in [2.05, 4.69) is 6.07 Å². The molecule has 0 aliphatic heterocycles. The molecule has 0 bridgehead atoms. The molecule has 1 saturated carbocycles. The van der Waals surface area contributed by atoms with Gasteiger partial charge in [0.2, 0.25) is 0 Å². The van der Waals surface area contributed by atoms with Crippen molar-refractivity contribution in [3.8, 4) is 6.07 Å². The summed E-state index contributed by atoms with van der Waals surface area (Å²) in [5.41, 5.74) is 0.206. The molecule has 1 aliphatic rings. The predicted octanol–water partition coefficient (Wildman–Crippen LogP) is 3.09. The first-order valence-electron chi connectivity index (χ1n) is 6.08. The normalized spacial score (nSPS) is 17.3.